The number of aliphatic imine (C=N–C) groups is 1. The molecule has 1 heterocycles. The van der Waals surface area contributed by atoms with E-state index in [0.29, 0.717) is 13.1 Å². The number of guanidine groups is 1. The number of rotatable bonds is 4. The fourth-order valence-electron chi connectivity index (χ4n) is 2.86. The first kappa shape index (κ1) is 18.0. The lowest BCUT2D eigenvalue weighted by molar-refractivity contribution is -0.122. The van der Waals surface area contributed by atoms with Gasteiger partial charge in [0, 0.05) is 39.1 Å². The Hall–Kier alpha value is -1.31. The highest BCUT2D eigenvalue weighted by Gasteiger charge is 2.29. The first-order valence-corrected chi connectivity index (χ1v) is 8.08. The molecule has 1 amide bonds. The van der Waals surface area contributed by atoms with Crippen LogP contribution in [-0.4, -0.2) is 43.4 Å². The van der Waals surface area contributed by atoms with E-state index in [4.69, 9.17) is 0 Å². The molecule has 1 aromatic rings. The van der Waals surface area contributed by atoms with Gasteiger partial charge in [-0.1, -0.05) is 24.3 Å². The van der Waals surface area contributed by atoms with Gasteiger partial charge in [-0.15, -0.1) is 24.0 Å². The predicted molar refractivity (Wildman–Crippen MR) is 103 cm³/mol. The third kappa shape index (κ3) is 4.83. The third-order valence-corrected chi connectivity index (χ3v) is 4.30. The van der Waals surface area contributed by atoms with Gasteiger partial charge in [0.2, 0.25) is 5.91 Å². The molecule has 3 rings (SSSR count). The molecule has 1 saturated carbocycles. The molecule has 5 nitrogen and oxygen atoms in total. The summed E-state index contributed by atoms with van der Waals surface area (Å²) < 4.78 is 0. The molecule has 0 bridgehead atoms. The molecule has 1 fully saturated rings. The zero-order valence-electron chi connectivity index (χ0n) is 13.5. The Bertz CT molecular complexity index is 571. The number of carbonyl (C=O) groups excluding carboxylic acids is 1. The van der Waals surface area contributed by atoms with Crippen LogP contribution in [-0.2, 0) is 17.8 Å². The van der Waals surface area contributed by atoms with E-state index in [2.05, 4.69) is 44.8 Å². The van der Waals surface area contributed by atoms with E-state index in [9.17, 15) is 4.79 Å². The van der Waals surface area contributed by atoms with E-state index in [0.717, 1.165) is 38.3 Å². The molecule has 0 atom stereocenters. The number of halogens is 1. The number of nitrogens with zero attached hydrogens (tertiary/aromatic N) is 2. The first-order chi connectivity index (χ1) is 10.8. The van der Waals surface area contributed by atoms with E-state index in [1.807, 2.05) is 7.05 Å². The van der Waals surface area contributed by atoms with Gasteiger partial charge in [-0.2, -0.15) is 0 Å². The minimum Gasteiger partial charge on any atom is -0.354 e. The van der Waals surface area contributed by atoms with Gasteiger partial charge >= 0.3 is 0 Å². The maximum atomic E-state index is 11.6. The lowest BCUT2D eigenvalue weighted by atomic mass is 10.0. The molecule has 2 aliphatic rings. The van der Waals surface area contributed by atoms with Crippen LogP contribution >= 0.6 is 24.0 Å². The minimum atomic E-state index is 0. The van der Waals surface area contributed by atoms with Crippen molar-refractivity contribution in [2.45, 2.75) is 25.8 Å². The van der Waals surface area contributed by atoms with Crippen molar-refractivity contribution in [3.05, 3.63) is 35.4 Å². The Morgan fingerprint density at radius 1 is 1.22 bits per heavy atom. The van der Waals surface area contributed by atoms with E-state index in [1.54, 1.807) is 0 Å². The molecule has 2 N–H and O–H groups in total. The van der Waals surface area contributed by atoms with Crippen molar-refractivity contribution >= 4 is 35.8 Å². The zero-order chi connectivity index (χ0) is 15.4. The second-order valence-electron chi connectivity index (χ2n) is 5.98. The molecule has 1 aromatic carbocycles. The number of amides is 1. The van der Waals surface area contributed by atoms with Gasteiger partial charge in [-0.3, -0.25) is 9.79 Å². The van der Waals surface area contributed by atoms with Crippen LogP contribution in [0.1, 0.15) is 24.0 Å². The predicted octanol–water partition coefficient (Wildman–Crippen LogP) is 1.76. The molecular weight excluding hydrogens is 403 g/mol. The topological polar surface area (TPSA) is 56.7 Å². The summed E-state index contributed by atoms with van der Waals surface area (Å²) in [5, 5.41) is 6.31. The number of carbonyl (C=O) groups is 1. The summed E-state index contributed by atoms with van der Waals surface area (Å²) in [6, 6.07) is 8.58. The summed E-state index contributed by atoms with van der Waals surface area (Å²) in [4.78, 5) is 18.2. The molecule has 0 spiro atoms. The smallest absolute Gasteiger partial charge is 0.223 e. The Labute approximate surface area is 154 Å². The van der Waals surface area contributed by atoms with Crippen LogP contribution in [0.15, 0.2) is 29.3 Å². The highest BCUT2D eigenvalue weighted by molar-refractivity contribution is 14.0. The van der Waals surface area contributed by atoms with Crippen molar-refractivity contribution in [3.63, 3.8) is 0 Å². The lowest BCUT2D eigenvalue weighted by Crippen LogP contribution is -2.46. The molecule has 1 aliphatic carbocycles. The van der Waals surface area contributed by atoms with Gasteiger partial charge in [-0.05, 0) is 30.4 Å². The number of benzene rings is 1. The Balaban J connectivity index is 0.00000192. The summed E-state index contributed by atoms with van der Waals surface area (Å²) in [5.74, 6) is 1.39. The average Bonchev–Trinajstić information content (AvgIpc) is 3.39. The van der Waals surface area contributed by atoms with Crippen molar-refractivity contribution in [1.29, 1.82) is 0 Å². The Kier molecular flexibility index (Phi) is 6.68. The summed E-state index contributed by atoms with van der Waals surface area (Å²) in [5.41, 5.74) is 2.81. The third-order valence-electron chi connectivity index (χ3n) is 4.30. The van der Waals surface area contributed by atoms with Crippen LogP contribution in [0.25, 0.3) is 0 Å². The molecule has 1 aliphatic heterocycles. The molecule has 23 heavy (non-hydrogen) atoms. The molecule has 0 saturated heterocycles. The maximum Gasteiger partial charge on any atom is 0.223 e. The monoisotopic (exact) mass is 428 g/mol. The summed E-state index contributed by atoms with van der Waals surface area (Å²) >= 11 is 0. The highest BCUT2D eigenvalue weighted by atomic mass is 127. The normalized spacial score (nSPS) is 17.1. The van der Waals surface area contributed by atoms with Crippen molar-refractivity contribution in [3.8, 4) is 0 Å². The molecule has 0 unspecified atom stereocenters. The van der Waals surface area contributed by atoms with Crippen molar-refractivity contribution in [2.75, 3.05) is 26.7 Å². The van der Waals surface area contributed by atoms with Crippen LogP contribution in [0.3, 0.4) is 0 Å². The standard InChI is InChI=1S/C17H24N4O.HI/c1-18-17(20-10-9-19-16(22)14-6-7-14)21-11-8-13-4-2-3-5-15(13)12-21;/h2-5,14H,6-12H2,1H3,(H,18,20)(H,19,22);1H. The summed E-state index contributed by atoms with van der Waals surface area (Å²) in [6.45, 7) is 3.23. The average molecular weight is 428 g/mol. The second-order valence-corrected chi connectivity index (χ2v) is 5.98. The fraction of sp³-hybridized carbons (Fsp3) is 0.529. The quantitative estimate of drug-likeness (QED) is 0.333. The van der Waals surface area contributed by atoms with E-state index in [-0.39, 0.29) is 35.8 Å². The Morgan fingerprint density at radius 3 is 2.61 bits per heavy atom. The van der Waals surface area contributed by atoms with E-state index in [1.165, 1.54) is 11.1 Å². The van der Waals surface area contributed by atoms with Crippen LogP contribution in [0.5, 0.6) is 0 Å². The summed E-state index contributed by atoms with van der Waals surface area (Å²) in [7, 11) is 1.81. The second kappa shape index (κ2) is 8.52. The van der Waals surface area contributed by atoms with Crippen LogP contribution < -0.4 is 10.6 Å². The molecule has 126 valence electrons. The molecule has 0 aromatic heterocycles. The first-order valence-electron chi connectivity index (χ1n) is 8.08. The zero-order valence-corrected chi connectivity index (χ0v) is 15.9. The SMILES string of the molecule is CN=C(NCCNC(=O)C1CC1)N1CCc2ccccc2C1.I. The molecular formula is C17H25IN4O. The minimum absolute atomic E-state index is 0. The number of hydrogen-bond acceptors (Lipinski definition) is 2. The lowest BCUT2D eigenvalue weighted by Gasteiger charge is -2.31. The van der Waals surface area contributed by atoms with Crippen LogP contribution in [0.4, 0.5) is 0 Å². The van der Waals surface area contributed by atoms with Crippen LogP contribution in [0, 0.1) is 5.92 Å². The summed E-state index contributed by atoms with van der Waals surface area (Å²) in [6.07, 6.45) is 3.15. The Morgan fingerprint density at radius 2 is 1.91 bits per heavy atom. The van der Waals surface area contributed by atoms with Gasteiger partial charge in [-0.25, -0.2) is 0 Å². The van der Waals surface area contributed by atoms with Gasteiger partial charge in [0.15, 0.2) is 5.96 Å². The molecule has 6 heteroatoms. The van der Waals surface area contributed by atoms with Gasteiger partial charge in [0.1, 0.15) is 0 Å². The van der Waals surface area contributed by atoms with Crippen molar-refractivity contribution in [2.24, 2.45) is 10.9 Å². The van der Waals surface area contributed by atoms with Gasteiger partial charge in [0.05, 0.1) is 0 Å². The largest absolute Gasteiger partial charge is 0.354 e. The van der Waals surface area contributed by atoms with Crippen molar-refractivity contribution < 1.29 is 4.79 Å². The number of nitrogens with one attached hydrogen (secondary N) is 2. The highest BCUT2D eigenvalue weighted by Crippen LogP contribution is 2.28. The van der Waals surface area contributed by atoms with E-state index < -0.39 is 0 Å². The molecule has 0 radical (unpaired) electrons. The fourth-order valence-corrected chi connectivity index (χ4v) is 2.86. The number of hydrogen-bond donors (Lipinski definition) is 2. The number of fused-ring (bicyclic) bond motifs is 1. The maximum absolute atomic E-state index is 11.6. The van der Waals surface area contributed by atoms with Gasteiger partial charge in [0.25, 0.3) is 0 Å². The van der Waals surface area contributed by atoms with Gasteiger partial charge < -0.3 is 15.5 Å². The van der Waals surface area contributed by atoms with Crippen molar-refractivity contribution in [1.82, 2.24) is 15.5 Å². The van der Waals surface area contributed by atoms with E-state index >= 15 is 0 Å². The van der Waals surface area contributed by atoms with Crippen LogP contribution in [0.2, 0.25) is 0 Å².